The normalized spacial score (nSPS) is 11.1. The lowest BCUT2D eigenvalue weighted by Gasteiger charge is -2.23. The molecule has 7 heteroatoms. The first kappa shape index (κ1) is 21.9. The molecule has 2 amide bonds. The molecule has 3 rings (SSSR count). The highest BCUT2D eigenvalue weighted by atomic mass is 32.1. The van der Waals surface area contributed by atoms with Gasteiger partial charge in [0.1, 0.15) is 6.54 Å². The van der Waals surface area contributed by atoms with Crippen LogP contribution < -0.4 is 5.32 Å². The molecule has 0 bridgehead atoms. The van der Waals surface area contributed by atoms with Crippen molar-refractivity contribution < 1.29 is 9.59 Å². The van der Waals surface area contributed by atoms with Gasteiger partial charge in [0.2, 0.25) is 5.91 Å². The van der Waals surface area contributed by atoms with Gasteiger partial charge in [-0.25, -0.2) is 4.98 Å². The Morgan fingerprint density at radius 3 is 2.47 bits per heavy atom. The molecule has 1 heterocycles. The monoisotopic (exact) mass is 424 g/mol. The van der Waals surface area contributed by atoms with E-state index in [2.05, 4.69) is 15.2 Å². The minimum atomic E-state index is -0.234. The highest BCUT2D eigenvalue weighted by Gasteiger charge is 2.21. The molecule has 0 saturated carbocycles. The second kappa shape index (κ2) is 9.82. The average molecular weight is 425 g/mol. The number of thiazole rings is 1. The minimum Gasteiger partial charge on any atom is -0.329 e. The topological polar surface area (TPSA) is 65.5 Å². The molecule has 0 atom stereocenters. The fourth-order valence-corrected chi connectivity index (χ4v) is 4.10. The SMILES string of the molecule is Cc1nc(NC(=O)CN(CCCN(C)C)C(=O)c2cccc3ccccc23)sc1C. The fourth-order valence-electron chi connectivity index (χ4n) is 3.27. The zero-order valence-electron chi connectivity index (χ0n) is 17.9. The predicted molar refractivity (Wildman–Crippen MR) is 123 cm³/mol. The summed E-state index contributed by atoms with van der Waals surface area (Å²) < 4.78 is 0. The van der Waals surface area contributed by atoms with Gasteiger partial charge >= 0.3 is 0 Å². The van der Waals surface area contributed by atoms with E-state index in [1.54, 1.807) is 4.90 Å². The molecule has 6 nitrogen and oxygen atoms in total. The van der Waals surface area contributed by atoms with Crippen LogP contribution in [0.25, 0.3) is 10.8 Å². The zero-order valence-corrected chi connectivity index (χ0v) is 18.8. The van der Waals surface area contributed by atoms with Crippen LogP contribution in [0.15, 0.2) is 42.5 Å². The molecule has 0 aliphatic carbocycles. The number of amides is 2. The standard InChI is InChI=1S/C23H28N4O2S/c1-16-17(2)30-23(24-16)25-21(28)15-27(14-8-13-26(3)4)22(29)20-12-7-10-18-9-5-6-11-19(18)20/h5-7,9-12H,8,13-15H2,1-4H3,(H,24,25,28). The number of aryl methyl sites for hydroxylation is 2. The number of nitrogens with zero attached hydrogens (tertiary/aromatic N) is 3. The highest BCUT2D eigenvalue weighted by Crippen LogP contribution is 2.22. The van der Waals surface area contributed by atoms with Crippen molar-refractivity contribution in [2.75, 3.05) is 39.0 Å². The first-order chi connectivity index (χ1) is 14.3. The largest absolute Gasteiger partial charge is 0.329 e. The zero-order chi connectivity index (χ0) is 21.7. The molecule has 2 aromatic carbocycles. The number of anilines is 1. The molecule has 1 N–H and O–H groups in total. The van der Waals surface area contributed by atoms with Gasteiger partial charge in [0.05, 0.1) is 5.69 Å². The number of rotatable bonds is 8. The van der Waals surface area contributed by atoms with Crippen molar-refractivity contribution in [1.82, 2.24) is 14.8 Å². The average Bonchev–Trinajstić information content (AvgIpc) is 3.02. The van der Waals surface area contributed by atoms with Crippen molar-refractivity contribution in [2.45, 2.75) is 20.3 Å². The summed E-state index contributed by atoms with van der Waals surface area (Å²) in [6.45, 7) is 5.22. The third-order valence-electron chi connectivity index (χ3n) is 4.95. The maximum atomic E-state index is 13.4. The van der Waals surface area contributed by atoms with Gasteiger partial charge < -0.3 is 15.1 Å². The van der Waals surface area contributed by atoms with E-state index in [4.69, 9.17) is 0 Å². The Kier molecular flexibility index (Phi) is 7.18. The van der Waals surface area contributed by atoms with E-state index in [1.807, 2.05) is 70.4 Å². The summed E-state index contributed by atoms with van der Waals surface area (Å²) in [5, 5.41) is 5.32. The third-order valence-corrected chi connectivity index (χ3v) is 5.94. The Labute approximate surface area is 181 Å². The molecule has 0 aliphatic heterocycles. The molecule has 0 saturated heterocycles. The number of aromatic nitrogens is 1. The van der Waals surface area contributed by atoms with Crippen LogP contribution in [0.4, 0.5) is 5.13 Å². The highest BCUT2D eigenvalue weighted by molar-refractivity contribution is 7.15. The van der Waals surface area contributed by atoms with Crippen LogP contribution >= 0.6 is 11.3 Å². The fraction of sp³-hybridized carbons (Fsp3) is 0.348. The van der Waals surface area contributed by atoms with Crippen LogP contribution in [0.1, 0.15) is 27.3 Å². The molecule has 158 valence electrons. The van der Waals surface area contributed by atoms with Crippen LogP contribution in [-0.4, -0.2) is 60.3 Å². The van der Waals surface area contributed by atoms with Crippen molar-refractivity contribution in [3.05, 3.63) is 58.6 Å². The Bertz CT molecular complexity index is 1020. The molecular weight excluding hydrogens is 396 g/mol. The second-order valence-electron chi connectivity index (χ2n) is 7.62. The van der Waals surface area contributed by atoms with E-state index in [9.17, 15) is 9.59 Å². The van der Waals surface area contributed by atoms with Crippen LogP contribution in [0.2, 0.25) is 0 Å². The number of hydrogen-bond donors (Lipinski definition) is 1. The number of carbonyl (C=O) groups is 2. The molecule has 30 heavy (non-hydrogen) atoms. The lowest BCUT2D eigenvalue weighted by molar-refractivity contribution is -0.116. The Hall–Kier alpha value is -2.77. The molecule has 0 aliphatic rings. The van der Waals surface area contributed by atoms with E-state index in [0.717, 1.165) is 34.3 Å². The molecule has 0 unspecified atom stereocenters. The molecule has 0 fully saturated rings. The summed E-state index contributed by atoms with van der Waals surface area (Å²) in [5.41, 5.74) is 1.52. The summed E-state index contributed by atoms with van der Waals surface area (Å²) in [6.07, 6.45) is 0.784. The summed E-state index contributed by atoms with van der Waals surface area (Å²) in [6, 6.07) is 13.5. The van der Waals surface area contributed by atoms with Crippen LogP contribution in [0.5, 0.6) is 0 Å². The molecule has 0 spiro atoms. The van der Waals surface area contributed by atoms with Crippen molar-refractivity contribution in [1.29, 1.82) is 0 Å². The van der Waals surface area contributed by atoms with Crippen molar-refractivity contribution in [2.24, 2.45) is 0 Å². The van der Waals surface area contributed by atoms with Gasteiger partial charge in [0.25, 0.3) is 5.91 Å². The van der Waals surface area contributed by atoms with Gasteiger partial charge in [-0.15, -0.1) is 11.3 Å². The van der Waals surface area contributed by atoms with Gasteiger partial charge in [-0.05, 0) is 57.7 Å². The smallest absolute Gasteiger partial charge is 0.254 e. The van der Waals surface area contributed by atoms with Gasteiger partial charge in [-0.1, -0.05) is 36.4 Å². The quantitative estimate of drug-likeness (QED) is 0.595. The predicted octanol–water partition coefficient (Wildman–Crippen LogP) is 3.95. The third kappa shape index (κ3) is 5.43. The van der Waals surface area contributed by atoms with Crippen LogP contribution in [0, 0.1) is 13.8 Å². The number of nitrogens with one attached hydrogen (secondary N) is 1. The lowest BCUT2D eigenvalue weighted by Crippen LogP contribution is -2.39. The van der Waals surface area contributed by atoms with Gasteiger partial charge in [-0.2, -0.15) is 0 Å². The van der Waals surface area contributed by atoms with Crippen molar-refractivity contribution in [3.8, 4) is 0 Å². The number of fused-ring (bicyclic) bond motifs is 1. The van der Waals surface area contributed by atoms with E-state index < -0.39 is 0 Å². The molecular formula is C23H28N4O2S. The van der Waals surface area contributed by atoms with Crippen LogP contribution in [-0.2, 0) is 4.79 Å². The second-order valence-corrected chi connectivity index (χ2v) is 8.82. The van der Waals surface area contributed by atoms with E-state index in [0.29, 0.717) is 17.2 Å². The summed E-state index contributed by atoms with van der Waals surface area (Å²) in [7, 11) is 3.99. The van der Waals surface area contributed by atoms with E-state index >= 15 is 0 Å². The summed E-state index contributed by atoms with van der Waals surface area (Å²) >= 11 is 1.45. The molecule has 1 aromatic heterocycles. The van der Waals surface area contributed by atoms with Crippen LogP contribution in [0.3, 0.4) is 0 Å². The van der Waals surface area contributed by atoms with Crippen molar-refractivity contribution >= 4 is 39.1 Å². The molecule has 0 radical (unpaired) electrons. The first-order valence-corrected chi connectivity index (χ1v) is 10.8. The number of carbonyl (C=O) groups excluding carboxylic acids is 2. The van der Waals surface area contributed by atoms with Gasteiger partial charge in [0.15, 0.2) is 5.13 Å². The minimum absolute atomic E-state index is 0.00679. The number of benzene rings is 2. The maximum Gasteiger partial charge on any atom is 0.254 e. The van der Waals surface area contributed by atoms with Gasteiger partial charge in [-0.3, -0.25) is 9.59 Å². The number of hydrogen-bond acceptors (Lipinski definition) is 5. The van der Waals surface area contributed by atoms with E-state index in [1.165, 1.54) is 11.3 Å². The Morgan fingerprint density at radius 2 is 1.77 bits per heavy atom. The van der Waals surface area contributed by atoms with Crippen molar-refractivity contribution in [3.63, 3.8) is 0 Å². The summed E-state index contributed by atoms with van der Waals surface area (Å²) in [5.74, 6) is -0.366. The Morgan fingerprint density at radius 1 is 1.03 bits per heavy atom. The maximum absolute atomic E-state index is 13.4. The lowest BCUT2D eigenvalue weighted by atomic mass is 10.0. The van der Waals surface area contributed by atoms with Gasteiger partial charge in [0, 0.05) is 17.0 Å². The summed E-state index contributed by atoms with van der Waals surface area (Å²) in [4.78, 5) is 35.2. The molecule has 3 aromatic rings. The van der Waals surface area contributed by atoms with E-state index in [-0.39, 0.29) is 18.4 Å². The first-order valence-electron chi connectivity index (χ1n) is 10.0. The Balaban J connectivity index is 1.80.